The van der Waals surface area contributed by atoms with Gasteiger partial charge in [-0.25, -0.2) is 4.98 Å². The second-order valence-electron chi connectivity index (χ2n) is 7.32. The highest BCUT2D eigenvalue weighted by Crippen LogP contribution is 2.42. The van der Waals surface area contributed by atoms with Crippen LogP contribution in [0.4, 0.5) is 5.69 Å². The van der Waals surface area contributed by atoms with E-state index in [9.17, 15) is 9.59 Å². The van der Waals surface area contributed by atoms with E-state index >= 15 is 0 Å². The molecule has 1 unspecified atom stereocenters. The molecule has 2 aromatic heterocycles. The monoisotopic (exact) mass is 341 g/mol. The maximum atomic E-state index is 12.9. The molecule has 132 valence electrons. The first-order valence-electron chi connectivity index (χ1n) is 8.65. The van der Waals surface area contributed by atoms with E-state index in [1.807, 2.05) is 24.1 Å². The molecule has 2 aliphatic rings. The third-order valence-electron chi connectivity index (χ3n) is 5.50. The van der Waals surface area contributed by atoms with Crippen molar-refractivity contribution in [2.45, 2.75) is 19.4 Å². The van der Waals surface area contributed by atoms with E-state index < -0.39 is 0 Å². The van der Waals surface area contributed by atoms with Gasteiger partial charge >= 0.3 is 0 Å². The molecule has 25 heavy (non-hydrogen) atoms. The van der Waals surface area contributed by atoms with Crippen molar-refractivity contribution in [2.75, 3.05) is 24.5 Å². The number of pyridine rings is 1. The molecule has 1 atom stereocenters. The minimum atomic E-state index is -0.272. The number of imidazole rings is 1. The van der Waals surface area contributed by atoms with Crippen LogP contribution in [0, 0.1) is 5.41 Å². The van der Waals surface area contributed by atoms with Crippen LogP contribution in [0.3, 0.4) is 0 Å². The molecule has 0 aromatic carbocycles. The van der Waals surface area contributed by atoms with E-state index in [4.69, 9.17) is 0 Å². The number of likely N-dealkylation sites (tertiary alicyclic amines) is 1. The Kier molecular flexibility index (Phi) is 3.76. The molecule has 0 bridgehead atoms. The third kappa shape index (κ3) is 2.68. The Bertz CT molecular complexity index is 870. The molecule has 2 saturated heterocycles. The number of aromatic nitrogens is 3. The zero-order valence-electron chi connectivity index (χ0n) is 14.7. The molecule has 2 aliphatic heterocycles. The van der Waals surface area contributed by atoms with E-state index in [0.29, 0.717) is 0 Å². The minimum Gasteiger partial charge on any atom is -0.337 e. The predicted octanol–water partition coefficient (Wildman–Crippen LogP) is 0.748. The van der Waals surface area contributed by atoms with Gasteiger partial charge in [0.1, 0.15) is 0 Å². The maximum Gasteiger partial charge on any atom is 0.250 e. The van der Waals surface area contributed by atoms with Gasteiger partial charge in [0.15, 0.2) is 0 Å². The van der Waals surface area contributed by atoms with Crippen LogP contribution in [0.2, 0.25) is 0 Å². The van der Waals surface area contributed by atoms with Crippen LogP contribution in [-0.4, -0.2) is 44.6 Å². The Morgan fingerprint density at radius 3 is 2.68 bits per heavy atom. The summed E-state index contributed by atoms with van der Waals surface area (Å²) in [5.41, 5.74) is 1.64. The van der Waals surface area contributed by atoms with Crippen LogP contribution >= 0.6 is 0 Å². The molecular formula is C18H23N5O2. The first-order valence-corrected chi connectivity index (χ1v) is 8.65. The molecule has 2 fully saturated rings. The molecule has 0 radical (unpaired) electrons. The lowest BCUT2D eigenvalue weighted by molar-refractivity contribution is -0.139. The van der Waals surface area contributed by atoms with Crippen molar-refractivity contribution in [3.8, 4) is 0 Å². The van der Waals surface area contributed by atoms with E-state index in [0.717, 1.165) is 44.7 Å². The number of rotatable bonds is 3. The van der Waals surface area contributed by atoms with Gasteiger partial charge < -0.3 is 14.0 Å². The Morgan fingerprint density at radius 2 is 2.00 bits per heavy atom. The van der Waals surface area contributed by atoms with E-state index in [-0.39, 0.29) is 16.9 Å². The average molecular weight is 341 g/mol. The highest BCUT2D eigenvalue weighted by molar-refractivity contribution is 6.04. The largest absolute Gasteiger partial charge is 0.337 e. The van der Waals surface area contributed by atoms with Crippen molar-refractivity contribution in [3.05, 3.63) is 46.9 Å². The highest BCUT2D eigenvalue weighted by atomic mass is 16.2. The summed E-state index contributed by atoms with van der Waals surface area (Å²) < 4.78 is 3.55. The number of β-lactam (4-membered cyclic amide) rings is 1. The molecule has 4 heterocycles. The van der Waals surface area contributed by atoms with Gasteiger partial charge in [0.25, 0.3) is 0 Å². The summed E-state index contributed by atoms with van der Waals surface area (Å²) in [5, 5.41) is 0. The molecule has 0 aliphatic carbocycles. The molecule has 0 N–H and O–H groups in total. The van der Waals surface area contributed by atoms with Crippen LogP contribution in [0.5, 0.6) is 0 Å². The Hall–Kier alpha value is -2.41. The molecule has 2 aromatic rings. The molecular weight excluding hydrogens is 318 g/mol. The van der Waals surface area contributed by atoms with Gasteiger partial charge in [-0.3, -0.25) is 14.5 Å². The number of hydrogen-bond donors (Lipinski definition) is 0. The van der Waals surface area contributed by atoms with Crippen molar-refractivity contribution in [1.82, 2.24) is 19.0 Å². The van der Waals surface area contributed by atoms with Crippen LogP contribution in [0.1, 0.15) is 18.5 Å². The summed E-state index contributed by atoms with van der Waals surface area (Å²) in [5.74, 6) is 0.181. The minimum absolute atomic E-state index is 0.0635. The fourth-order valence-corrected chi connectivity index (χ4v) is 4.02. The SMILES string of the molecule is Cn1cncc1CN1CCCC2(C1)CN(c1ccc(=O)n(C)c1)C2=O. The molecule has 4 rings (SSSR count). The number of anilines is 1. The van der Waals surface area contributed by atoms with Crippen molar-refractivity contribution in [3.63, 3.8) is 0 Å². The first kappa shape index (κ1) is 16.1. The zero-order valence-corrected chi connectivity index (χ0v) is 14.7. The fraction of sp³-hybridized carbons (Fsp3) is 0.500. The number of nitrogens with zero attached hydrogens (tertiary/aromatic N) is 5. The zero-order chi connectivity index (χ0) is 17.6. The smallest absolute Gasteiger partial charge is 0.250 e. The van der Waals surface area contributed by atoms with Crippen molar-refractivity contribution >= 4 is 11.6 Å². The second-order valence-corrected chi connectivity index (χ2v) is 7.32. The highest BCUT2D eigenvalue weighted by Gasteiger charge is 2.54. The summed E-state index contributed by atoms with van der Waals surface area (Å²) in [6, 6.07) is 3.26. The predicted molar refractivity (Wildman–Crippen MR) is 94.2 cm³/mol. The lowest BCUT2D eigenvalue weighted by Crippen LogP contribution is -2.67. The van der Waals surface area contributed by atoms with Crippen molar-refractivity contribution in [2.24, 2.45) is 19.5 Å². The van der Waals surface area contributed by atoms with Gasteiger partial charge in [-0.1, -0.05) is 0 Å². The van der Waals surface area contributed by atoms with Crippen LogP contribution in [-0.2, 0) is 25.4 Å². The first-order chi connectivity index (χ1) is 12.0. The van der Waals surface area contributed by atoms with E-state index in [1.54, 1.807) is 24.2 Å². The van der Waals surface area contributed by atoms with Crippen molar-refractivity contribution in [1.29, 1.82) is 0 Å². The lowest BCUT2D eigenvalue weighted by Gasteiger charge is -2.53. The average Bonchev–Trinajstić information content (AvgIpc) is 3.00. The molecule has 1 amide bonds. The van der Waals surface area contributed by atoms with Gasteiger partial charge in [0.2, 0.25) is 11.5 Å². The number of carbonyl (C=O) groups is 1. The molecule has 7 heteroatoms. The third-order valence-corrected chi connectivity index (χ3v) is 5.50. The van der Waals surface area contributed by atoms with Gasteiger partial charge in [-0.15, -0.1) is 0 Å². The van der Waals surface area contributed by atoms with Crippen LogP contribution < -0.4 is 10.5 Å². The normalized spacial score (nSPS) is 23.9. The van der Waals surface area contributed by atoms with Crippen LogP contribution in [0.25, 0.3) is 0 Å². The Balaban J connectivity index is 1.48. The summed E-state index contributed by atoms with van der Waals surface area (Å²) in [4.78, 5) is 32.8. The van der Waals surface area contributed by atoms with Gasteiger partial charge in [0, 0.05) is 52.2 Å². The topological polar surface area (TPSA) is 63.4 Å². The molecule has 0 saturated carbocycles. The number of aryl methyl sites for hydroxylation is 2. The maximum absolute atomic E-state index is 12.9. The fourth-order valence-electron chi connectivity index (χ4n) is 4.02. The summed E-state index contributed by atoms with van der Waals surface area (Å²) in [6.45, 7) is 3.36. The number of carbonyl (C=O) groups excluding carboxylic acids is 1. The standard InChI is InChI=1S/C18H23N5O2/c1-20-9-14(4-5-16(20)24)23-12-18(17(23)25)6-3-7-22(11-18)10-15-8-19-13-21(15)2/h4-5,8-9,13H,3,6-7,10-12H2,1-2H3. The van der Waals surface area contributed by atoms with E-state index in [2.05, 4.69) is 9.88 Å². The van der Waals surface area contributed by atoms with Gasteiger partial charge in [-0.2, -0.15) is 0 Å². The van der Waals surface area contributed by atoms with Gasteiger partial charge in [-0.05, 0) is 25.5 Å². The number of amides is 1. The Labute approximate surface area is 146 Å². The lowest BCUT2D eigenvalue weighted by atomic mass is 9.72. The summed E-state index contributed by atoms with van der Waals surface area (Å²) in [6.07, 6.45) is 7.41. The number of hydrogen-bond acceptors (Lipinski definition) is 4. The Morgan fingerprint density at radius 1 is 1.16 bits per heavy atom. The quantitative estimate of drug-likeness (QED) is 0.773. The second kappa shape index (κ2) is 5.84. The van der Waals surface area contributed by atoms with Crippen molar-refractivity contribution < 1.29 is 4.79 Å². The van der Waals surface area contributed by atoms with E-state index in [1.165, 1.54) is 16.3 Å². The molecule has 1 spiro atoms. The summed E-state index contributed by atoms with van der Waals surface area (Å²) >= 11 is 0. The van der Waals surface area contributed by atoms with Crippen LogP contribution in [0.15, 0.2) is 35.6 Å². The van der Waals surface area contributed by atoms with Gasteiger partial charge in [0.05, 0.1) is 23.1 Å². The summed E-state index contributed by atoms with van der Waals surface area (Å²) in [7, 11) is 3.71. The molecule has 7 nitrogen and oxygen atoms in total. The number of piperidine rings is 1.